The number of amides is 1. The zero-order valence-electron chi connectivity index (χ0n) is 10.7. The summed E-state index contributed by atoms with van der Waals surface area (Å²) in [6, 6.07) is 0. The highest BCUT2D eigenvalue weighted by molar-refractivity contribution is 8.26. The van der Waals surface area contributed by atoms with Crippen LogP contribution in [0.3, 0.4) is 0 Å². The Morgan fingerprint density at radius 1 is 1.09 bits per heavy atom. The van der Waals surface area contributed by atoms with Crippen molar-refractivity contribution in [1.82, 2.24) is 4.90 Å². The molecule has 122 valence electrons. The first-order valence-electron chi connectivity index (χ1n) is 5.63. The number of hydrogen-bond acceptors (Lipinski definition) is 4. The molecule has 1 N–H and O–H groups in total. The van der Waals surface area contributed by atoms with Gasteiger partial charge in [0.15, 0.2) is 23.3 Å². The van der Waals surface area contributed by atoms with Gasteiger partial charge in [0.2, 0.25) is 5.82 Å². The molecule has 0 unspecified atom stereocenters. The molecule has 11 heteroatoms. The number of nitrogens with zero attached hydrogens (tertiary/aromatic N) is 1. The van der Waals surface area contributed by atoms with Crippen LogP contribution in [0.1, 0.15) is 5.56 Å². The molecule has 4 nitrogen and oxygen atoms in total. The van der Waals surface area contributed by atoms with Gasteiger partial charge in [0.05, 0.1) is 10.5 Å². The van der Waals surface area contributed by atoms with Gasteiger partial charge in [-0.1, -0.05) is 24.0 Å². The summed E-state index contributed by atoms with van der Waals surface area (Å²) in [4.78, 5) is 22.7. The number of thiocarbonyl (C=S) groups is 1. The second kappa shape index (κ2) is 6.24. The van der Waals surface area contributed by atoms with Crippen LogP contribution in [0.5, 0.6) is 0 Å². The summed E-state index contributed by atoms with van der Waals surface area (Å²) in [6.07, 6.45) is 0.442. The monoisotopic (exact) mass is 369 g/mol. The van der Waals surface area contributed by atoms with Crippen LogP contribution in [0.4, 0.5) is 22.0 Å². The maximum Gasteiger partial charge on any atom is 0.323 e. The van der Waals surface area contributed by atoms with Gasteiger partial charge in [-0.15, -0.1) is 0 Å². The Morgan fingerprint density at radius 3 is 2.04 bits per heavy atom. The Hall–Kier alpha value is -2.01. The number of carbonyl (C=O) groups is 2. The third-order valence-corrected chi connectivity index (χ3v) is 4.06. The summed E-state index contributed by atoms with van der Waals surface area (Å²) >= 11 is 5.22. The Balaban J connectivity index is 2.50. The lowest BCUT2D eigenvalue weighted by molar-refractivity contribution is -0.140. The number of carboxylic acid groups (broad SMARTS) is 1. The van der Waals surface area contributed by atoms with Gasteiger partial charge in [-0.05, 0) is 6.08 Å². The van der Waals surface area contributed by atoms with Crippen LogP contribution in [-0.2, 0) is 9.59 Å². The number of carbonyl (C=O) groups excluding carboxylic acids is 1. The lowest BCUT2D eigenvalue weighted by Gasteiger charge is -2.10. The molecule has 0 atom stereocenters. The molecule has 0 saturated carbocycles. The number of hydrogen-bond donors (Lipinski definition) is 1. The lowest BCUT2D eigenvalue weighted by atomic mass is 10.1. The van der Waals surface area contributed by atoms with E-state index in [4.69, 9.17) is 17.3 Å². The second-order valence-electron chi connectivity index (χ2n) is 4.15. The summed E-state index contributed by atoms with van der Waals surface area (Å²) in [5.74, 6) is -13.2. The van der Waals surface area contributed by atoms with E-state index in [9.17, 15) is 31.5 Å². The molecule has 1 aromatic rings. The molecule has 1 saturated heterocycles. The van der Waals surface area contributed by atoms with Gasteiger partial charge in [0, 0.05) is 0 Å². The second-order valence-corrected chi connectivity index (χ2v) is 5.82. The number of rotatable bonds is 3. The van der Waals surface area contributed by atoms with Crippen molar-refractivity contribution in [3.63, 3.8) is 0 Å². The van der Waals surface area contributed by atoms with E-state index in [-0.39, 0.29) is 4.32 Å². The minimum atomic E-state index is -2.32. The van der Waals surface area contributed by atoms with Gasteiger partial charge in [0.1, 0.15) is 10.9 Å². The van der Waals surface area contributed by atoms with Crippen molar-refractivity contribution >= 4 is 46.3 Å². The fourth-order valence-electron chi connectivity index (χ4n) is 1.65. The standard InChI is InChI=1S/C12H4F5NO3S2/c13-6-3(7(14)9(16)10(17)8(6)15)1-4-11(21)18(2-5(19)20)12(22)23-4/h1H,2H2,(H,19,20)/b4-1-. The first kappa shape index (κ1) is 17.3. The van der Waals surface area contributed by atoms with Crippen molar-refractivity contribution < 1.29 is 36.6 Å². The highest BCUT2D eigenvalue weighted by Gasteiger charge is 2.34. The number of halogens is 5. The van der Waals surface area contributed by atoms with Crippen LogP contribution in [0.2, 0.25) is 0 Å². The molecule has 0 radical (unpaired) electrons. The summed E-state index contributed by atoms with van der Waals surface area (Å²) in [7, 11) is 0. The van der Waals surface area contributed by atoms with Crippen molar-refractivity contribution in [2.75, 3.05) is 6.54 Å². The van der Waals surface area contributed by atoms with Crippen LogP contribution in [-0.4, -0.2) is 32.7 Å². The number of benzene rings is 1. The van der Waals surface area contributed by atoms with E-state index in [1.54, 1.807) is 0 Å². The molecule has 0 spiro atoms. The molecular weight excluding hydrogens is 365 g/mol. The average Bonchev–Trinajstić information content (AvgIpc) is 2.74. The zero-order valence-corrected chi connectivity index (χ0v) is 12.3. The minimum absolute atomic E-state index is 0.215. The molecule has 1 aliphatic rings. The Kier molecular flexibility index (Phi) is 4.71. The van der Waals surface area contributed by atoms with Crippen LogP contribution in [0, 0.1) is 29.1 Å². The smallest absolute Gasteiger partial charge is 0.323 e. The van der Waals surface area contributed by atoms with Crippen molar-refractivity contribution in [1.29, 1.82) is 0 Å². The molecule has 0 bridgehead atoms. The maximum absolute atomic E-state index is 13.6. The van der Waals surface area contributed by atoms with Gasteiger partial charge < -0.3 is 5.11 Å². The predicted octanol–water partition coefficient (Wildman–Crippen LogP) is 2.67. The summed E-state index contributed by atoms with van der Waals surface area (Å²) in [5.41, 5.74) is -1.31. The number of aliphatic carboxylic acids is 1. The van der Waals surface area contributed by atoms with Crippen LogP contribution < -0.4 is 0 Å². The van der Waals surface area contributed by atoms with E-state index in [1.807, 2.05) is 0 Å². The van der Waals surface area contributed by atoms with E-state index in [0.717, 1.165) is 0 Å². The molecule has 1 aliphatic heterocycles. The predicted molar refractivity (Wildman–Crippen MR) is 73.7 cm³/mol. The highest BCUT2D eigenvalue weighted by Crippen LogP contribution is 2.34. The fraction of sp³-hybridized carbons (Fsp3) is 0.0833. The molecular formula is C12H4F5NO3S2. The Morgan fingerprint density at radius 2 is 1.57 bits per heavy atom. The zero-order chi connectivity index (χ0) is 17.5. The van der Waals surface area contributed by atoms with E-state index in [2.05, 4.69) is 0 Å². The Labute approximate surface area is 134 Å². The fourth-order valence-corrected chi connectivity index (χ4v) is 2.89. The molecule has 1 amide bonds. The molecule has 1 fully saturated rings. The molecule has 0 aliphatic carbocycles. The van der Waals surface area contributed by atoms with E-state index >= 15 is 0 Å². The van der Waals surface area contributed by atoms with Crippen molar-refractivity contribution in [3.05, 3.63) is 39.6 Å². The number of thioether (sulfide) groups is 1. The third-order valence-electron chi connectivity index (χ3n) is 2.69. The van der Waals surface area contributed by atoms with Gasteiger partial charge in [-0.3, -0.25) is 14.5 Å². The molecule has 2 rings (SSSR count). The minimum Gasteiger partial charge on any atom is -0.480 e. The SMILES string of the molecule is O=C(O)CN1C(=O)/C(=C/c2c(F)c(F)c(F)c(F)c2F)SC1=S. The lowest BCUT2D eigenvalue weighted by Crippen LogP contribution is -2.33. The Bertz CT molecular complexity index is 751. The van der Waals surface area contributed by atoms with Crippen LogP contribution >= 0.6 is 24.0 Å². The van der Waals surface area contributed by atoms with Gasteiger partial charge in [-0.2, -0.15) is 0 Å². The van der Waals surface area contributed by atoms with E-state index in [0.29, 0.717) is 22.7 Å². The van der Waals surface area contributed by atoms with E-state index < -0.39 is 58.0 Å². The highest BCUT2D eigenvalue weighted by atomic mass is 32.2. The van der Waals surface area contributed by atoms with Crippen molar-refractivity contribution in [3.8, 4) is 0 Å². The van der Waals surface area contributed by atoms with Gasteiger partial charge in [0.25, 0.3) is 5.91 Å². The quantitative estimate of drug-likeness (QED) is 0.292. The van der Waals surface area contributed by atoms with Crippen molar-refractivity contribution in [2.24, 2.45) is 0 Å². The van der Waals surface area contributed by atoms with Gasteiger partial charge >= 0.3 is 5.97 Å². The first-order chi connectivity index (χ1) is 10.6. The normalized spacial score (nSPS) is 16.6. The average molecular weight is 369 g/mol. The largest absolute Gasteiger partial charge is 0.480 e. The molecule has 1 aromatic carbocycles. The topological polar surface area (TPSA) is 57.6 Å². The van der Waals surface area contributed by atoms with Crippen LogP contribution in [0.15, 0.2) is 4.91 Å². The summed E-state index contributed by atoms with van der Waals surface area (Å²) in [5, 5.41) is 8.63. The van der Waals surface area contributed by atoms with Crippen molar-refractivity contribution in [2.45, 2.75) is 0 Å². The summed E-state index contributed by atoms with van der Waals surface area (Å²) < 4.78 is 66.1. The molecule has 0 aromatic heterocycles. The summed E-state index contributed by atoms with van der Waals surface area (Å²) in [6.45, 7) is -0.793. The van der Waals surface area contributed by atoms with Crippen LogP contribution in [0.25, 0.3) is 6.08 Å². The van der Waals surface area contributed by atoms with Gasteiger partial charge in [-0.25, -0.2) is 22.0 Å². The molecule has 1 heterocycles. The molecule has 23 heavy (non-hydrogen) atoms. The van der Waals surface area contributed by atoms with E-state index in [1.165, 1.54) is 0 Å². The first-order valence-corrected chi connectivity index (χ1v) is 6.86. The number of carboxylic acids is 1. The maximum atomic E-state index is 13.6. The third kappa shape index (κ3) is 3.06.